The molecule has 1 heterocycles. The van der Waals surface area contributed by atoms with E-state index in [2.05, 4.69) is 5.32 Å². The van der Waals surface area contributed by atoms with Crippen molar-refractivity contribution in [1.82, 2.24) is 5.32 Å². The number of hydrogen-bond donors (Lipinski definition) is 3. The second kappa shape index (κ2) is 6.61. The van der Waals surface area contributed by atoms with Gasteiger partial charge >= 0.3 is 7.60 Å². The van der Waals surface area contributed by atoms with Crippen molar-refractivity contribution < 1.29 is 18.7 Å². The molecular formula is C13H15FNO3PS. The van der Waals surface area contributed by atoms with Gasteiger partial charge in [-0.3, -0.25) is 9.88 Å². The van der Waals surface area contributed by atoms with Gasteiger partial charge in [-0.1, -0.05) is 12.1 Å². The molecule has 0 spiro atoms. The van der Waals surface area contributed by atoms with Gasteiger partial charge < -0.3 is 9.79 Å². The molecule has 0 unspecified atom stereocenters. The molecule has 0 radical (unpaired) electrons. The molecule has 0 aliphatic carbocycles. The van der Waals surface area contributed by atoms with E-state index in [1.165, 1.54) is 23.5 Å². The number of benzene rings is 1. The van der Waals surface area contributed by atoms with Crippen molar-refractivity contribution in [1.29, 1.82) is 0 Å². The Hall–Kier alpha value is -1.04. The molecule has 0 aliphatic heterocycles. The van der Waals surface area contributed by atoms with Crippen LogP contribution in [0.3, 0.4) is 0 Å². The standard InChI is InChI=1S/C13H15FNO3PS/c14-12-3-1-2-10(8-12)4-6-15-13(19(16,17)18)11-5-7-20-9-11/h1-3,5,7-9,13,15H,4,6H2,(H2,16,17,18)/t13-/m0/s1. The van der Waals surface area contributed by atoms with Gasteiger partial charge in [0, 0.05) is 6.54 Å². The maximum Gasteiger partial charge on any atom is 0.346 e. The van der Waals surface area contributed by atoms with E-state index in [1.54, 1.807) is 29.0 Å². The van der Waals surface area contributed by atoms with Gasteiger partial charge in [0.05, 0.1) is 0 Å². The second-order valence-electron chi connectivity index (χ2n) is 4.38. The monoisotopic (exact) mass is 315 g/mol. The molecule has 0 bridgehead atoms. The molecule has 108 valence electrons. The van der Waals surface area contributed by atoms with Gasteiger partial charge in [-0.25, -0.2) is 4.39 Å². The van der Waals surface area contributed by atoms with E-state index in [-0.39, 0.29) is 5.82 Å². The van der Waals surface area contributed by atoms with E-state index < -0.39 is 13.4 Å². The number of halogens is 1. The summed E-state index contributed by atoms with van der Waals surface area (Å²) in [5.74, 6) is -1.32. The minimum Gasteiger partial charge on any atom is -0.323 e. The van der Waals surface area contributed by atoms with Crippen LogP contribution in [0.25, 0.3) is 0 Å². The molecule has 1 atom stereocenters. The fraction of sp³-hybridized carbons (Fsp3) is 0.231. The van der Waals surface area contributed by atoms with Crippen LogP contribution >= 0.6 is 18.9 Å². The molecule has 0 amide bonds. The van der Waals surface area contributed by atoms with Crippen LogP contribution < -0.4 is 5.32 Å². The van der Waals surface area contributed by atoms with Crippen LogP contribution in [0.5, 0.6) is 0 Å². The highest BCUT2D eigenvalue weighted by Gasteiger charge is 2.29. The molecule has 7 heteroatoms. The fourth-order valence-corrected chi connectivity index (χ4v) is 3.61. The van der Waals surface area contributed by atoms with Crippen molar-refractivity contribution in [2.45, 2.75) is 12.2 Å². The van der Waals surface area contributed by atoms with Gasteiger partial charge in [-0.2, -0.15) is 11.3 Å². The van der Waals surface area contributed by atoms with E-state index in [1.807, 2.05) is 0 Å². The summed E-state index contributed by atoms with van der Waals surface area (Å²) >= 11 is 1.38. The maximum absolute atomic E-state index is 13.0. The van der Waals surface area contributed by atoms with Crippen molar-refractivity contribution >= 4 is 18.9 Å². The zero-order valence-electron chi connectivity index (χ0n) is 10.6. The number of hydrogen-bond acceptors (Lipinski definition) is 3. The van der Waals surface area contributed by atoms with Gasteiger partial charge in [0.2, 0.25) is 0 Å². The van der Waals surface area contributed by atoms with Crippen LogP contribution in [0.4, 0.5) is 4.39 Å². The third kappa shape index (κ3) is 4.23. The normalized spacial score (nSPS) is 13.3. The van der Waals surface area contributed by atoms with Crippen molar-refractivity contribution in [3.05, 3.63) is 58.0 Å². The van der Waals surface area contributed by atoms with E-state index in [0.717, 1.165) is 5.56 Å². The Bertz CT molecular complexity index is 599. The summed E-state index contributed by atoms with van der Waals surface area (Å²) in [6.45, 7) is 0.356. The Labute approximate surface area is 120 Å². The number of thiophene rings is 1. The fourth-order valence-electron chi connectivity index (χ4n) is 1.91. The second-order valence-corrected chi connectivity index (χ2v) is 6.86. The highest BCUT2D eigenvalue weighted by Crippen LogP contribution is 2.50. The Morgan fingerprint density at radius 3 is 2.75 bits per heavy atom. The molecule has 0 aliphatic rings. The lowest BCUT2D eigenvalue weighted by Gasteiger charge is -2.19. The quantitative estimate of drug-likeness (QED) is 0.717. The predicted octanol–water partition coefficient (Wildman–Crippen LogP) is 2.90. The number of rotatable bonds is 6. The van der Waals surface area contributed by atoms with Gasteiger partial charge in [-0.05, 0) is 46.5 Å². The molecular weight excluding hydrogens is 300 g/mol. The molecule has 1 aromatic carbocycles. The minimum atomic E-state index is -4.27. The lowest BCUT2D eigenvalue weighted by Crippen LogP contribution is -2.23. The van der Waals surface area contributed by atoms with Gasteiger partial charge in [-0.15, -0.1) is 0 Å². The minimum absolute atomic E-state index is 0.313. The van der Waals surface area contributed by atoms with Crippen LogP contribution in [0.2, 0.25) is 0 Å². The molecule has 3 N–H and O–H groups in total. The zero-order valence-corrected chi connectivity index (χ0v) is 12.3. The Morgan fingerprint density at radius 2 is 2.15 bits per heavy atom. The van der Waals surface area contributed by atoms with E-state index in [9.17, 15) is 18.7 Å². The summed E-state index contributed by atoms with van der Waals surface area (Å²) in [5, 5.41) is 6.33. The first-order chi connectivity index (χ1) is 9.47. The zero-order chi connectivity index (χ0) is 14.6. The summed E-state index contributed by atoms with van der Waals surface area (Å²) < 4.78 is 24.5. The average Bonchev–Trinajstić information content (AvgIpc) is 2.86. The largest absolute Gasteiger partial charge is 0.346 e. The molecule has 4 nitrogen and oxygen atoms in total. The lowest BCUT2D eigenvalue weighted by atomic mass is 10.1. The van der Waals surface area contributed by atoms with Gasteiger partial charge in [0.25, 0.3) is 0 Å². The van der Waals surface area contributed by atoms with Crippen LogP contribution in [-0.4, -0.2) is 16.3 Å². The molecule has 20 heavy (non-hydrogen) atoms. The van der Waals surface area contributed by atoms with Crippen molar-refractivity contribution in [2.24, 2.45) is 0 Å². The van der Waals surface area contributed by atoms with E-state index in [0.29, 0.717) is 18.5 Å². The van der Waals surface area contributed by atoms with Crippen LogP contribution in [0, 0.1) is 5.82 Å². The lowest BCUT2D eigenvalue weighted by molar-refractivity contribution is 0.348. The van der Waals surface area contributed by atoms with Crippen LogP contribution in [-0.2, 0) is 11.0 Å². The first kappa shape index (κ1) is 15.4. The van der Waals surface area contributed by atoms with E-state index >= 15 is 0 Å². The summed E-state index contributed by atoms with van der Waals surface area (Å²) in [6.07, 6.45) is 0.498. The molecule has 0 saturated carbocycles. The predicted molar refractivity (Wildman–Crippen MR) is 77.2 cm³/mol. The highest BCUT2D eigenvalue weighted by atomic mass is 32.1. The Morgan fingerprint density at radius 1 is 1.35 bits per heavy atom. The first-order valence-electron chi connectivity index (χ1n) is 6.02. The number of nitrogens with one attached hydrogen (secondary N) is 1. The Balaban J connectivity index is 1.98. The summed E-state index contributed by atoms with van der Waals surface area (Å²) in [6, 6.07) is 7.86. The van der Waals surface area contributed by atoms with Crippen LogP contribution in [0.15, 0.2) is 41.1 Å². The van der Waals surface area contributed by atoms with E-state index in [4.69, 9.17) is 0 Å². The van der Waals surface area contributed by atoms with Crippen molar-refractivity contribution in [3.8, 4) is 0 Å². The van der Waals surface area contributed by atoms with Gasteiger partial charge in [0.15, 0.2) is 0 Å². The van der Waals surface area contributed by atoms with Gasteiger partial charge in [0.1, 0.15) is 11.6 Å². The SMILES string of the molecule is O=P(O)(O)[C@H](NCCc1cccc(F)c1)c1ccsc1. The molecule has 0 saturated heterocycles. The topological polar surface area (TPSA) is 69.6 Å². The highest BCUT2D eigenvalue weighted by molar-refractivity contribution is 7.52. The average molecular weight is 315 g/mol. The van der Waals surface area contributed by atoms with Crippen molar-refractivity contribution in [2.75, 3.05) is 6.54 Å². The maximum atomic E-state index is 13.0. The summed E-state index contributed by atoms with van der Waals surface area (Å²) in [5.41, 5.74) is 1.36. The Kier molecular flexibility index (Phi) is 5.07. The van der Waals surface area contributed by atoms with Crippen LogP contribution in [0.1, 0.15) is 16.9 Å². The third-order valence-corrected chi connectivity index (χ3v) is 4.69. The third-order valence-electron chi connectivity index (χ3n) is 2.84. The molecule has 0 fully saturated rings. The summed E-state index contributed by atoms with van der Waals surface area (Å²) in [7, 11) is -4.27. The molecule has 1 aromatic heterocycles. The van der Waals surface area contributed by atoms with Crippen molar-refractivity contribution in [3.63, 3.8) is 0 Å². The first-order valence-corrected chi connectivity index (χ1v) is 8.64. The summed E-state index contributed by atoms with van der Waals surface area (Å²) in [4.78, 5) is 18.8. The smallest absolute Gasteiger partial charge is 0.323 e. The molecule has 2 rings (SSSR count). The molecule has 2 aromatic rings.